The molecule has 1 unspecified atom stereocenters. The Morgan fingerprint density at radius 3 is 2.30 bits per heavy atom. The predicted molar refractivity (Wildman–Crippen MR) is 125 cm³/mol. The van der Waals surface area contributed by atoms with E-state index in [4.69, 9.17) is 14.2 Å². The lowest BCUT2D eigenvalue weighted by Crippen LogP contribution is -2.33. The first-order chi connectivity index (χ1) is 14.9. The lowest BCUT2D eigenvalue weighted by atomic mass is 9.86. The predicted octanol–water partition coefficient (Wildman–Crippen LogP) is 4.56. The van der Waals surface area contributed by atoms with Gasteiger partial charge in [-0.1, -0.05) is 26.0 Å². The van der Waals surface area contributed by atoms with Crippen LogP contribution < -0.4 is 5.32 Å². The van der Waals surface area contributed by atoms with Gasteiger partial charge in [0, 0.05) is 35.5 Å². The number of rotatable bonds is 4. The quantitative estimate of drug-likeness (QED) is 0.305. The lowest BCUT2D eigenvalue weighted by Gasteiger charge is -2.39. The van der Waals surface area contributed by atoms with Gasteiger partial charge in [-0.05, 0) is 26.3 Å². The summed E-state index contributed by atoms with van der Waals surface area (Å²) in [5.41, 5.74) is 0.557. The van der Waals surface area contributed by atoms with Crippen LogP contribution in [0.25, 0.3) is 0 Å². The fourth-order valence-corrected chi connectivity index (χ4v) is 5.96. The van der Waals surface area contributed by atoms with E-state index in [9.17, 15) is 24.6 Å². The summed E-state index contributed by atoms with van der Waals surface area (Å²) in [6.07, 6.45) is 0. The highest BCUT2D eigenvalue weighted by molar-refractivity contribution is 7.58. The van der Waals surface area contributed by atoms with Gasteiger partial charge in [0.1, 0.15) is 0 Å². The van der Waals surface area contributed by atoms with Gasteiger partial charge in [0.2, 0.25) is 0 Å². The van der Waals surface area contributed by atoms with Gasteiger partial charge in [-0.25, -0.2) is 4.79 Å². The van der Waals surface area contributed by atoms with E-state index in [1.807, 2.05) is 13.8 Å². The van der Waals surface area contributed by atoms with Gasteiger partial charge in [-0.2, -0.15) is 0 Å². The molecule has 33 heavy (non-hydrogen) atoms. The number of hydrogen-bond acceptors (Lipinski definition) is 8. The molecule has 1 fully saturated rings. The van der Waals surface area contributed by atoms with E-state index in [0.717, 1.165) is 0 Å². The molecule has 0 aromatic heterocycles. The number of nitrogens with one attached hydrogen (secondary N) is 1. The Bertz CT molecular complexity index is 1010. The van der Waals surface area contributed by atoms with Gasteiger partial charge in [0.15, 0.2) is 0 Å². The largest absolute Gasteiger partial charge is 0.478 e. The first-order valence-electron chi connectivity index (χ1n) is 10.0. The zero-order valence-electron chi connectivity index (χ0n) is 19.2. The van der Waals surface area contributed by atoms with Crippen LogP contribution in [0.4, 0.5) is 5.69 Å². The Morgan fingerprint density at radius 1 is 1.27 bits per heavy atom. The number of hydrogen-bond donors (Lipinski definition) is 3. The smallest absolute Gasteiger partial charge is 0.360 e. The van der Waals surface area contributed by atoms with Crippen LogP contribution in [0, 0.1) is 15.5 Å². The maximum absolute atomic E-state index is 13.7. The highest BCUT2D eigenvalue weighted by atomic mass is 35.5. The normalized spacial score (nSPS) is 21.2. The molecule has 1 saturated heterocycles. The second kappa shape index (κ2) is 11.3. The molecule has 184 valence electrons. The topological polar surface area (TPSA) is 148 Å². The highest BCUT2D eigenvalue weighted by Gasteiger charge is 2.48. The minimum atomic E-state index is -3.84. The number of non-ortho nitro benzene ring substituents is 1. The number of benzene rings is 1. The average Bonchev–Trinajstić information content (AvgIpc) is 2.70. The maximum Gasteiger partial charge on any atom is 0.360 e. The molecule has 3 N–H and O–H groups in total. The summed E-state index contributed by atoms with van der Waals surface area (Å²) in [5, 5.41) is 31.8. The molecule has 1 atom stereocenters. The molecule has 0 saturated carbocycles. The zero-order valence-corrected chi connectivity index (χ0v) is 20.9. The van der Waals surface area contributed by atoms with Crippen molar-refractivity contribution in [3.05, 3.63) is 62.2 Å². The SMILES string of the molecule is CC1=C(C(=O)O)C(c2cccc([N+](=O)[O-])c2)C(P2(=O)OCC(C)(C)CO2)=C(C)N1.CCO.Cl. The van der Waals surface area contributed by atoms with Crippen molar-refractivity contribution in [2.24, 2.45) is 5.41 Å². The van der Waals surface area contributed by atoms with Gasteiger partial charge in [0.05, 0.1) is 34.9 Å². The molecule has 1 aromatic carbocycles. The third kappa shape index (κ3) is 6.43. The van der Waals surface area contributed by atoms with Gasteiger partial charge >= 0.3 is 13.6 Å². The van der Waals surface area contributed by atoms with Crippen molar-refractivity contribution >= 4 is 31.7 Å². The standard InChI is InChI=1S/C19H23N2O7P.C2H6O.ClH/c1-11-15(18(22)23)16(13-6-5-7-14(8-13)21(24)25)17(12(2)20-11)29(26)27-9-19(3,4)10-28-29;1-2-3;/h5-8,16,20H,9-10H2,1-4H3,(H,22,23);3H,2H2,1H3;1H. The van der Waals surface area contributed by atoms with Gasteiger partial charge < -0.3 is 24.6 Å². The number of nitro groups is 1. The number of aliphatic hydroxyl groups is 1. The van der Waals surface area contributed by atoms with E-state index in [0.29, 0.717) is 17.0 Å². The van der Waals surface area contributed by atoms with E-state index < -0.39 is 24.4 Å². The van der Waals surface area contributed by atoms with Crippen LogP contribution in [0.15, 0.2) is 46.5 Å². The number of nitro benzene ring substituents is 1. The number of carboxylic acids is 1. The molecule has 10 nitrogen and oxygen atoms in total. The Hall–Kier alpha value is -2.23. The molecular formula is C21H30ClN2O8P. The molecule has 12 heteroatoms. The Morgan fingerprint density at radius 2 is 1.82 bits per heavy atom. The second-order valence-electron chi connectivity index (χ2n) is 8.29. The van der Waals surface area contributed by atoms with Crippen LogP contribution in [-0.2, 0) is 18.4 Å². The van der Waals surface area contributed by atoms with Crippen LogP contribution in [-0.4, -0.2) is 40.9 Å². The summed E-state index contributed by atoms with van der Waals surface area (Å²) < 4.78 is 25.0. The van der Waals surface area contributed by atoms with Crippen LogP contribution in [0.1, 0.15) is 46.1 Å². The van der Waals surface area contributed by atoms with Crippen LogP contribution in [0.5, 0.6) is 0 Å². The molecule has 2 aliphatic rings. The van der Waals surface area contributed by atoms with Crippen molar-refractivity contribution in [3.8, 4) is 0 Å². The number of allylic oxidation sites excluding steroid dienone is 3. The Labute approximate surface area is 198 Å². The third-order valence-electron chi connectivity index (χ3n) is 4.92. The number of dihydropyridines is 1. The molecule has 0 amide bonds. The maximum atomic E-state index is 13.7. The summed E-state index contributed by atoms with van der Waals surface area (Å²) in [7, 11) is -3.84. The van der Waals surface area contributed by atoms with E-state index in [1.54, 1.807) is 26.8 Å². The van der Waals surface area contributed by atoms with E-state index >= 15 is 0 Å². The first-order valence-corrected chi connectivity index (χ1v) is 11.6. The molecule has 0 radical (unpaired) electrons. The monoisotopic (exact) mass is 504 g/mol. The number of aliphatic hydroxyl groups excluding tert-OH is 1. The van der Waals surface area contributed by atoms with Crippen molar-refractivity contribution < 1.29 is 33.5 Å². The molecule has 2 aliphatic heterocycles. The summed E-state index contributed by atoms with van der Waals surface area (Å²) in [4.78, 5) is 22.8. The van der Waals surface area contributed by atoms with Gasteiger partial charge in [-0.15, -0.1) is 12.4 Å². The van der Waals surface area contributed by atoms with Crippen LogP contribution in [0.2, 0.25) is 0 Å². The zero-order chi connectivity index (χ0) is 24.3. The number of halogens is 1. The van der Waals surface area contributed by atoms with Gasteiger partial charge in [0.25, 0.3) is 5.69 Å². The minimum Gasteiger partial charge on any atom is -0.478 e. The van der Waals surface area contributed by atoms with E-state index in [-0.39, 0.29) is 54.2 Å². The number of aliphatic carboxylic acids is 1. The molecule has 0 aliphatic carbocycles. The van der Waals surface area contributed by atoms with E-state index in [1.165, 1.54) is 18.2 Å². The molecule has 3 rings (SSSR count). The average molecular weight is 505 g/mol. The van der Waals surface area contributed by atoms with E-state index in [2.05, 4.69) is 5.32 Å². The first kappa shape index (κ1) is 28.8. The Kier molecular flexibility index (Phi) is 9.83. The Balaban J connectivity index is 0.00000129. The molecule has 0 bridgehead atoms. The van der Waals surface area contributed by atoms with Crippen LogP contribution in [0.3, 0.4) is 0 Å². The number of carboxylic acid groups (broad SMARTS) is 1. The second-order valence-corrected chi connectivity index (χ2v) is 10.3. The number of carbonyl (C=O) groups is 1. The van der Waals surface area contributed by atoms with Gasteiger partial charge in [-0.3, -0.25) is 14.7 Å². The number of nitrogens with zero attached hydrogens (tertiary/aromatic N) is 1. The van der Waals surface area contributed by atoms with Crippen molar-refractivity contribution in [3.63, 3.8) is 0 Å². The molecule has 1 aromatic rings. The third-order valence-corrected chi connectivity index (χ3v) is 7.04. The summed E-state index contributed by atoms with van der Waals surface area (Å²) >= 11 is 0. The lowest BCUT2D eigenvalue weighted by molar-refractivity contribution is -0.384. The highest BCUT2D eigenvalue weighted by Crippen LogP contribution is 2.66. The minimum absolute atomic E-state index is 0. The fraction of sp³-hybridized carbons (Fsp3) is 0.476. The summed E-state index contributed by atoms with van der Waals surface area (Å²) in [5.74, 6) is -2.24. The molecule has 2 heterocycles. The molecular weight excluding hydrogens is 475 g/mol. The van der Waals surface area contributed by atoms with Crippen molar-refractivity contribution in [1.29, 1.82) is 0 Å². The van der Waals surface area contributed by atoms with Crippen LogP contribution >= 0.6 is 20.0 Å². The molecule has 0 spiro atoms. The van der Waals surface area contributed by atoms with Crippen molar-refractivity contribution in [1.82, 2.24) is 5.32 Å². The summed E-state index contributed by atoms with van der Waals surface area (Å²) in [6.45, 7) is 9.34. The van der Waals surface area contributed by atoms with Crippen molar-refractivity contribution in [2.45, 2.75) is 40.5 Å². The van der Waals surface area contributed by atoms with Crippen molar-refractivity contribution in [2.75, 3.05) is 19.8 Å². The summed E-state index contributed by atoms with van der Waals surface area (Å²) in [6, 6.07) is 5.65. The fourth-order valence-electron chi connectivity index (χ4n) is 3.51.